The first-order valence-corrected chi connectivity index (χ1v) is 15.8. The summed E-state index contributed by atoms with van der Waals surface area (Å²) in [6.45, 7) is 16.1. The van der Waals surface area contributed by atoms with E-state index >= 15 is 0 Å². The molecule has 230 valence electrons. The van der Waals surface area contributed by atoms with Gasteiger partial charge in [0.05, 0.1) is 11.8 Å². The van der Waals surface area contributed by atoms with Gasteiger partial charge in [0.2, 0.25) is 11.8 Å². The number of hydrogen-bond acceptors (Lipinski definition) is 4. The van der Waals surface area contributed by atoms with Gasteiger partial charge in [-0.1, -0.05) is 145 Å². The summed E-state index contributed by atoms with van der Waals surface area (Å²) in [5.74, 6) is -2.07. The van der Waals surface area contributed by atoms with Gasteiger partial charge in [0, 0.05) is 19.6 Å². The molecule has 0 aromatic heterocycles. The van der Waals surface area contributed by atoms with Crippen molar-refractivity contribution in [1.29, 1.82) is 0 Å². The Hall–Kier alpha value is -1.43. The Bertz CT molecular complexity index is 455. The quantitative estimate of drug-likeness (QED) is 0.127. The molecule has 38 heavy (non-hydrogen) atoms. The first kappa shape index (κ1) is 43.6. The number of primary amides is 1. The minimum absolute atomic E-state index is 0.210. The van der Waals surface area contributed by atoms with Crippen LogP contribution in [0.4, 0.5) is 0 Å². The Morgan fingerprint density at radius 2 is 1.03 bits per heavy atom. The Morgan fingerprint density at radius 3 is 1.32 bits per heavy atom. The minimum Gasteiger partial charge on any atom is -0.400 e. The van der Waals surface area contributed by atoms with Crippen LogP contribution >= 0.6 is 0 Å². The highest BCUT2D eigenvalue weighted by atomic mass is 16.2. The molecule has 0 bridgehead atoms. The number of nitrogens with one attached hydrogen (secondary N) is 1. The average Bonchev–Trinajstić information content (AvgIpc) is 2.91. The highest BCUT2D eigenvalue weighted by molar-refractivity contribution is 5.91. The molecule has 4 N–H and O–H groups in total. The molecule has 1 aliphatic rings. The number of unbranched alkanes of at least 4 members (excludes halogenated alkanes) is 12. The zero-order chi connectivity index (χ0) is 30.0. The third-order valence-electron chi connectivity index (χ3n) is 6.46. The van der Waals surface area contributed by atoms with Crippen molar-refractivity contribution in [2.75, 3.05) is 13.7 Å². The molecular formula is C32H68N2O4. The van der Waals surface area contributed by atoms with Crippen molar-refractivity contribution < 1.29 is 19.5 Å². The van der Waals surface area contributed by atoms with Gasteiger partial charge in [-0.3, -0.25) is 9.59 Å². The largest absolute Gasteiger partial charge is 0.400 e. The summed E-state index contributed by atoms with van der Waals surface area (Å²) < 4.78 is 0. The number of amides is 2. The fourth-order valence-electron chi connectivity index (χ4n) is 3.88. The number of carbonyl (C=O) groups excluding carboxylic acids is 3. The van der Waals surface area contributed by atoms with Crippen molar-refractivity contribution in [2.24, 2.45) is 23.5 Å². The van der Waals surface area contributed by atoms with Gasteiger partial charge in [-0.25, -0.2) is 0 Å². The third-order valence-corrected chi connectivity index (χ3v) is 6.46. The molecule has 0 aromatic carbocycles. The number of nitrogens with two attached hydrogens (primary N) is 1. The molecule has 1 fully saturated rings. The second-order valence-corrected chi connectivity index (χ2v) is 10.0. The Kier molecular flexibility index (Phi) is 43.3. The normalized spacial score (nSPS) is 16.8. The van der Waals surface area contributed by atoms with Crippen molar-refractivity contribution in [3.05, 3.63) is 0 Å². The van der Waals surface area contributed by atoms with E-state index in [-0.39, 0.29) is 11.8 Å². The topological polar surface area (TPSA) is 109 Å². The van der Waals surface area contributed by atoms with Gasteiger partial charge in [-0.2, -0.15) is 0 Å². The van der Waals surface area contributed by atoms with Crippen molar-refractivity contribution in [1.82, 2.24) is 5.32 Å². The summed E-state index contributed by atoms with van der Waals surface area (Å²) in [5, 5.41) is 9.79. The van der Waals surface area contributed by atoms with Crippen LogP contribution < -0.4 is 11.1 Å². The first-order valence-electron chi connectivity index (χ1n) is 15.8. The maximum absolute atomic E-state index is 11.9. The van der Waals surface area contributed by atoms with Crippen LogP contribution in [-0.2, 0) is 14.4 Å². The Labute approximate surface area is 237 Å². The standard InChI is InChI=1S/C13H22N2O3.3C6H14.CH4O/c1-2-3-4-5-6-15-13(18)11-9(8-16)7-10(11)12(14)17;3*1-3-5-6-4-2;1-2/h8-11H,2-7H2,1H3,(H2,14,17)(H,15,18);3*3-6H2,1-2H3;2H,1H3. The fraction of sp³-hybridized carbons (Fsp3) is 0.906. The van der Waals surface area contributed by atoms with E-state index < -0.39 is 17.7 Å². The van der Waals surface area contributed by atoms with E-state index in [1.54, 1.807) is 0 Å². The van der Waals surface area contributed by atoms with E-state index in [2.05, 4.69) is 53.8 Å². The van der Waals surface area contributed by atoms with Crippen molar-refractivity contribution in [3.63, 3.8) is 0 Å². The summed E-state index contributed by atoms with van der Waals surface area (Å²) in [7, 11) is 1.00. The number of aliphatic hydroxyl groups excluding tert-OH is 1. The zero-order valence-corrected chi connectivity index (χ0v) is 26.8. The molecule has 1 saturated carbocycles. The SMILES string of the molecule is CCCCCC.CCCCCC.CCCCCC.CCCCCCNC(=O)C1C(C=O)CC1C(N)=O.CO. The molecule has 3 atom stereocenters. The molecule has 0 radical (unpaired) electrons. The molecule has 0 aromatic rings. The monoisotopic (exact) mass is 545 g/mol. The van der Waals surface area contributed by atoms with Crippen molar-refractivity contribution in [2.45, 2.75) is 158 Å². The van der Waals surface area contributed by atoms with Gasteiger partial charge in [0.1, 0.15) is 6.29 Å². The van der Waals surface area contributed by atoms with E-state index in [9.17, 15) is 14.4 Å². The lowest BCUT2D eigenvalue weighted by Crippen LogP contribution is -2.52. The van der Waals surface area contributed by atoms with Gasteiger partial charge < -0.3 is 21.0 Å². The summed E-state index contributed by atoms with van der Waals surface area (Å²) in [4.78, 5) is 33.7. The number of rotatable bonds is 17. The second-order valence-electron chi connectivity index (χ2n) is 10.0. The minimum atomic E-state index is -0.550. The molecule has 3 unspecified atom stereocenters. The molecule has 2 amide bonds. The van der Waals surface area contributed by atoms with Crippen LogP contribution in [0.25, 0.3) is 0 Å². The summed E-state index contributed by atoms with van der Waals surface area (Å²) in [6.07, 6.45) is 22.1. The van der Waals surface area contributed by atoms with Crippen LogP contribution in [0, 0.1) is 17.8 Å². The number of hydrogen-bond donors (Lipinski definition) is 3. The lowest BCUT2D eigenvalue weighted by molar-refractivity contribution is -0.146. The maximum Gasteiger partial charge on any atom is 0.224 e. The van der Waals surface area contributed by atoms with E-state index in [1.807, 2.05) is 0 Å². The lowest BCUT2D eigenvalue weighted by atomic mass is 9.64. The molecule has 1 aliphatic carbocycles. The van der Waals surface area contributed by atoms with E-state index in [1.165, 1.54) is 77.0 Å². The van der Waals surface area contributed by atoms with Crippen LogP contribution in [-0.4, -0.2) is 36.9 Å². The van der Waals surface area contributed by atoms with E-state index in [0.717, 1.165) is 39.1 Å². The van der Waals surface area contributed by atoms with Crippen LogP contribution in [0.5, 0.6) is 0 Å². The predicted octanol–water partition coefficient (Wildman–Crippen LogP) is 7.99. The summed E-state index contributed by atoms with van der Waals surface area (Å²) in [6, 6.07) is 0. The highest BCUT2D eigenvalue weighted by Crippen LogP contribution is 2.39. The number of aldehydes is 1. The molecular weight excluding hydrogens is 476 g/mol. The average molecular weight is 545 g/mol. The molecule has 0 aliphatic heterocycles. The van der Waals surface area contributed by atoms with Gasteiger partial charge in [-0.05, 0) is 12.8 Å². The van der Waals surface area contributed by atoms with E-state index in [0.29, 0.717) is 13.0 Å². The van der Waals surface area contributed by atoms with Crippen molar-refractivity contribution >= 4 is 18.1 Å². The summed E-state index contributed by atoms with van der Waals surface area (Å²) >= 11 is 0. The van der Waals surface area contributed by atoms with Crippen molar-refractivity contribution in [3.8, 4) is 0 Å². The van der Waals surface area contributed by atoms with Gasteiger partial charge in [0.25, 0.3) is 0 Å². The van der Waals surface area contributed by atoms with Crippen LogP contribution in [0.1, 0.15) is 158 Å². The zero-order valence-electron chi connectivity index (χ0n) is 26.8. The summed E-state index contributed by atoms with van der Waals surface area (Å²) in [5.41, 5.74) is 5.20. The van der Waals surface area contributed by atoms with Crippen LogP contribution in [0.3, 0.4) is 0 Å². The highest BCUT2D eigenvalue weighted by Gasteiger charge is 2.48. The third kappa shape index (κ3) is 29.1. The number of carbonyl (C=O) groups is 3. The van der Waals surface area contributed by atoms with Gasteiger partial charge in [0.15, 0.2) is 0 Å². The lowest BCUT2D eigenvalue weighted by Gasteiger charge is -2.38. The molecule has 0 spiro atoms. The van der Waals surface area contributed by atoms with Crippen LogP contribution in [0.2, 0.25) is 0 Å². The number of aliphatic hydroxyl groups is 1. The molecule has 6 nitrogen and oxygen atoms in total. The smallest absolute Gasteiger partial charge is 0.224 e. The molecule has 1 rings (SSSR count). The second kappa shape index (κ2) is 37.7. The Morgan fingerprint density at radius 1 is 0.684 bits per heavy atom. The molecule has 0 saturated heterocycles. The fourth-order valence-corrected chi connectivity index (χ4v) is 3.88. The van der Waals surface area contributed by atoms with Gasteiger partial charge >= 0.3 is 0 Å². The first-order chi connectivity index (χ1) is 18.4. The molecule has 0 heterocycles. The van der Waals surface area contributed by atoms with E-state index in [4.69, 9.17) is 10.8 Å². The Balaban J connectivity index is -0.000000237. The molecule has 6 heteroatoms. The predicted molar refractivity (Wildman–Crippen MR) is 165 cm³/mol. The maximum atomic E-state index is 11.9. The van der Waals surface area contributed by atoms with Crippen LogP contribution in [0.15, 0.2) is 0 Å². The van der Waals surface area contributed by atoms with Gasteiger partial charge in [-0.15, -0.1) is 0 Å².